The molecule has 1 atom stereocenters. The fourth-order valence-corrected chi connectivity index (χ4v) is 1.76. The number of carbonyl (C=O) groups is 1. The Hall–Kier alpha value is -1.42. The molecule has 0 bridgehead atoms. The van der Waals surface area contributed by atoms with Crippen molar-refractivity contribution >= 4 is 5.97 Å². The highest BCUT2D eigenvalue weighted by molar-refractivity contribution is 5.76. The Morgan fingerprint density at radius 1 is 1.44 bits per heavy atom. The van der Waals surface area contributed by atoms with Crippen molar-refractivity contribution < 1.29 is 19.0 Å². The Bertz CT molecular complexity index is 410. The second-order valence-corrected chi connectivity index (χ2v) is 4.75. The van der Waals surface area contributed by atoms with Crippen LogP contribution in [0.25, 0.3) is 0 Å². The third-order valence-electron chi connectivity index (χ3n) is 2.47. The molecule has 3 nitrogen and oxygen atoms in total. The van der Waals surface area contributed by atoms with E-state index < -0.39 is 17.7 Å². The number of ether oxygens (including phenoxy) is 1. The average Bonchev–Trinajstić information content (AvgIpc) is 2.27. The van der Waals surface area contributed by atoms with E-state index in [1.807, 2.05) is 0 Å². The van der Waals surface area contributed by atoms with E-state index in [1.165, 1.54) is 13.8 Å². The second-order valence-electron chi connectivity index (χ2n) is 4.75. The largest absolute Gasteiger partial charge is 0.464 e. The van der Waals surface area contributed by atoms with Crippen LogP contribution in [0.4, 0.5) is 4.39 Å². The van der Waals surface area contributed by atoms with Crippen LogP contribution in [0.3, 0.4) is 0 Å². The zero-order valence-corrected chi connectivity index (χ0v) is 10.9. The molecule has 0 saturated carbocycles. The number of benzene rings is 1. The van der Waals surface area contributed by atoms with Crippen LogP contribution in [0.5, 0.6) is 0 Å². The Morgan fingerprint density at radius 2 is 2.06 bits per heavy atom. The molecule has 100 valence electrons. The third-order valence-corrected chi connectivity index (χ3v) is 2.47. The molecule has 0 radical (unpaired) electrons. The standard InChI is InChI=1S/C14H19FO3/c1-4-18-13(17)12(16)11-8-6-5-7-10(11)9-14(2,3)15/h5-8,12,16H,4,9H2,1-3H3. The van der Waals surface area contributed by atoms with E-state index in [4.69, 9.17) is 4.74 Å². The van der Waals surface area contributed by atoms with Crippen molar-refractivity contribution in [3.8, 4) is 0 Å². The van der Waals surface area contributed by atoms with Gasteiger partial charge in [0.15, 0.2) is 6.10 Å². The van der Waals surface area contributed by atoms with Gasteiger partial charge in [-0.25, -0.2) is 9.18 Å². The molecule has 0 aliphatic rings. The van der Waals surface area contributed by atoms with Gasteiger partial charge in [-0.3, -0.25) is 0 Å². The van der Waals surface area contributed by atoms with E-state index in [0.717, 1.165) is 0 Å². The van der Waals surface area contributed by atoms with E-state index in [1.54, 1.807) is 31.2 Å². The van der Waals surface area contributed by atoms with Crippen LogP contribution in [0.2, 0.25) is 0 Å². The average molecular weight is 254 g/mol. The Balaban J connectivity index is 2.98. The van der Waals surface area contributed by atoms with Gasteiger partial charge in [-0.1, -0.05) is 24.3 Å². The number of hydrogen-bond donors (Lipinski definition) is 1. The minimum atomic E-state index is -1.40. The molecule has 0 fully saturated rings. The highest BCUT2D eigenvalue weighted by Crippen LogP contribution is 2.24. The van der Waals surface area contributed by atoms with Crippen LogP contribution in [-0.2, 0) is 16.0 Å². The summed E-state index contributed by atoms with van der Waals surface area (Å²) in [5.41, 5.74) is -0.378. The molecule has 4 heteroatoms. The first-order chi connectivity index (χ1) is 8.35. The van der Waals surface area contributed by atoms with Crippen LogP contribution in [-0.4, -0.2) is 23.4 Å². The predicted octanol–water partition coefficient (Wildman–Crippen LogP) is 2.57. The minimum absolute atomic E-state index is 0.139. The Morgan fingerprint density at radius 3 is 2.61 bits per heavy atom. The first kappa shape index (κ1) is 14.6. The molecule has 1 rings (SSSR count). The lowest BCUT2D eigenvalue weighted by atomic mass is 9.93. The van der Waals surface area contributed by atoms with Gasteiger partial charge in [0.25, 0.3) is 0 Å². The van der Waals surface area contributed by atoms with Gasteiger partial charge in [0.2, 0.25) is 0 Å². The van der Waals surface area contributed by atoms with Gasteiger partial charge < -0.3 is 9.84 Å². The fourth-order valence-electron chi connectivity index (χ4n) is 1.76. The molecule has 0 aliphatic carbocycles. The van der Waals surface area contributed by atoms with Gasteiger partial charge in [0.05, 0.1) is 6.61 Å². The SMILES string of the molecule is CCOC(=O)C(O)c1ccccc1CC(C)(C)F. The maximum absolute atomic E-state index is 13.7. The van der Waals surface area contributed by atoms with Gasteiger partial charge in [-0.2, -0.15) is 0 Å². The number of alkyl halides is 1. The zero-order valence-electron chi connectivity index (χ0n) is 10.9. The fraction of sp³-hybridized carbons (Fsp3) is 0.500. The van der Waals surface area contributed by atoms with Crippen molar-refractivity contribution in [2.45, 2.75) is 39.0 Å². The van der Waals surface area contributed by atoms with Gasteiger partial charge in [-0.15, -0.1) is 0 Å². The summed E-state index contributed by atoms with van der Waals surface area (Å²) in [5, 5.41) is 9.90. The molecule has 0 aromatic heterocycles. The number of aliphatic hydroxyl groups excluding tert-OH is 1. The molecule has 1 aromatic carbocycles. The van der Waals surface area contributed by atoms with E-state index in [0.29, 0.717) is 11.1 Å². The van der Waals surface area contributed by atoms with Gasteiger partial charge in [-0.05, 0) is 31.9 Å². The van der Waals surface area contributed by atoms with Crippen molar-refractivity contribution in [3.63, 3.8) is 0 Å². The number of hydrogen-bond acceptors (Lipinski definition) is 3. The van der Waals surface area contributed by atoms with Crippen molar-refractivity contribution in [2.24, 2.45) is 0 Å². The van der Waals surface area contributed by atoms with Crippen LogP contribution < -0.4 is 0 Å². The smallest absolute Gasteiger partial charge is 0.339 e. The maximum atomic E-state index is 13.7. The number of carbonyl (C=O) groups excluding carboxylic acids is 1. The quantitative estimate of drug-likeness (QED) is 0.821. The van der Waals surface area contributed by atoms with E-state index in [2.05, 4.69) is 0 Å². The first-order valence-electron chi connectivity index (χ1n) is 5.96. The molecule has 0 saturated heterocycles. The molecule has 1 unspecified atom stereocenters. The van der Waals surface area contributed by atoms with Crippen molar-refractivity contribution in [1.82, 2.24) is 0 Å². The summed E-state index contributed by atoms with van der Waals surface area (Å²) in [5.74, 6) is -0.707. The monoisotopic (exact) mass is 254 g/mol. The Labute approximate surface area is 107 Å². The van der Waals surface area contributed by atoms with Crippen LogP contribution in [0.1, 0.15) is 38.0 Å². The summed E-state index contributed by atoms with van der Waals surface area (Å²) in [7, 11) is 0. The molecular formula is C14H19FO3. The molecule has 1 aromatic rings. The Kier molecular flexibility index (Phi) is 4.84. The third kappa shape index (κ3) is 4.11. The van der Waals surface area contributed by atoms with Gasteiger partial charge in [0.1, 0.15) is 5.67 Å². The summed E-state index contributed by atoms with van der Waals surface area (Å²) in [4.78, 5) is 11.5. The predicted molar refractivity (Wildman–Crippen MR) is 66.9 cm³/mol. The van der Waals surface area contributed by atoms with Crippen LogP contribution >= 0.6 is 0 Å². The molecule has 0 amide bonds. The highest BCUT2D eigenvalue weighted by atomic mass is 19.1. The first-order valence-corrected chi connectivity index (χ1v) is 5.96. The topological polar surface area (TPSA) is 46.5 Å². The van der Waals surface area contributed by atoms with Crippen molar-refractivity contribution in [1.29, 1.82) is 0 Å². The summed E-state index contributed by atoms with van der Waals surface area (Å²) in [6.07, 6.45) is -1.22. The molecule has 0 spiro atoms. The number of aliphatic hydroxyl groups is 1. The van der Waals surface area contributed by atoms with E-state index in [-0.39, 0.29) is 13.0 Å². The molecule has 1 N–H and O–H groups in total. The molecule has 0 heterocycles. The normalized spacial score (nSPS) is 13.2. The summed E-state index contributed by atoms with van der Waals surface area (Å²) < 4.78 is 18.4. The van der Waals surface area contributed by atoms with Gasteiger partial charge >= 0.3 is 5.97 Å². The van der Waals surface area contributed by atoms with Crippen LogP contribution in [0.15, 0.2) is 24.3 Å². The van der Waals surface area contributed by atoms with Crippen LogP contribution in [0, 0.1) is 0 Å². The number of esters is 1. The maximum Gasteiger partial charge on any atom is 0.339 e. The summed E-state index contributed by atoms with van der Waals surface area (Å²) >= 11 is 0. The molecule has 18 heavy (non-hydrogen) atoms. The zero-order chi connectivity index (χ0) is 13.8. The lowest BCUT2D eigenvalue weighted by Gasteiger charge is -2.19. The lowest BCUT2D eigenvalue weighted by Crippen LogP contribution is -2.21. The van der Waals surface area contributed by atoms with Gasteiger partial charge in [0, 0.05) is 6.42 Å². The number of rotatable bonds is 5. The van der Waals surface area contributed by atoms with E-state index >= 15 is 0 Å². The minimum Gasteiger partial charge on any atom is -0.464 e. The van der Waals surface area contributed by atoms with Crippen molar-refractivity contribution in [3.05, 3.63) is 35.4 Å². The summed E-state index contributed by atoms with van der Waals surface area (Å²) in [6.45, 7) is 4.79. The van der Waals surface area contributed by atoms with E-state index in [9.17, 15) is 14.3 Å². The highest BCUT2D eigenvalue weighted by Gasteiger charge is 2.24. The summed E-state index contributed by atoms with van der Waals surface area (Å²) in [6, 6.07) is 6.77. The lowest BCUT2D eigenvalue weighted by molar-refractivity contribution is -0.153. The molecule has 0 aliphatic heterocycles. The molecular weight excluding hydrogens is 235 g/mol. The van der Waals surface area contributed by atoms with Crippen molar-refractivity contribution in [2.75, 3.05) is 6.61 Å². The number of halogens is 1. The second kappa shape index (κ2) is 5.96.